The Morgan fingerprint density at radius 1 is 0.846 bits per heavy atom. The number of benzene rings is 3. The third-order valence-electron chi connectivity index (χ3n) is 5.56. The lowest BCUT2D eigenvalue weighted by Gasteiger charge is -2.29. The molecule has 1 heterocycles. The Hall–Kier alpha value is -2.32. The molecule has 1 aliphatic heterocycles. The zero-order valence-electron chi connectivity index (χ0n) is 15.6. The van der Waals surface area contributed by atoms with Crippen LogP contribution in [0.1, 0.15) is 43.4 Å². The fourth-order valence-corrected chi connectivity index (χ4v) is 3.99. The quantitative estimate of drug-likeness (QED) is 0.640. The predicted octanol–water partition coefficient (Wildman–Crippen LogP) is 5.68. The maximum atomic E-state index is 3.69. The summed E-state index contributed by atoms with van der Waals surface area (Å²) in [6, 6.07) is 24.6. The molecule has 0 saturated carbocycles. The fraction of sp³-hybridized carbons (Fsp3) is 0.333. The smallest absolute Gasteiger partial charge is 0.0366 e. The number of anilines is 1. The largest absolute Gasteiger partial charge is 0.372 e. The first-order valence-corrected chi connectivity index (χ1v) is 9.86. The van der Waals surface area contributed by atoms with Gasteiger partial charge in [-0.05, 0) is 60.2 Å². The molecule has 0 bridgehead atoms. The first-order valence-electron chi connectivity index (χ1n) is 9.86. The summed E-state index contributed by atoms with van der Waals surface area (Å²) in [5.74, 6) is 0. The molecule has 0 aliphatic carbocycles. The molecule has 3 aromatic rings. The Bertz CT molecular complexity index is 842. The first-order chi connectivity index (χ1) is 12.8. The van der Waals surface area contributed by atoms with Crippen molar-refractivity contribution in [2.75, 3.05) is 18.0 Å². The number of hydrogen-bond acceptors (Lipinski definition) is 2. The number of piperidine rings is 1. The Morgan fingerprint density at radius 2 is 1.58 bits per heavy atom. The topological polar surface area (TPSA) is 15.3 Å². The highest BCUT2D eigenvalue weighted by molar-refractivity contribution is 5.86. The van der Waals surface area contributed by atoms with Crippen LogP contribution in [0.15, 0.2) is 66.7 Å². The monoisotopic (exact) mass is 344 g/mol. The molecule has 3 aromatic carbocycles. The van der Waals surface area contributed by atoms with Crippen LogP contribution in [0.2, 0.25) is 0 Å². The molecule has 4 rings (SSSR count). The molecule has 1 saturated heterocycles. The van der Waals surface area contributed by atoms with Crippen molar-refractivity contribution in [3.05, 3.63) is 77.9 Å². The molecule has 0 amide bonds. The van der Waals surface area contributed by atoms with Gasteiger partial charge in [-0.1, -0.05) is 54.6 Å². The van der Waals surface area contributed by atoms with Gasteiger partial charge in [0.2, 0.25) is 0 Å². The van der Waals surface area contributed by atoms with E-state index in [1.807, 2.05) is 0 Å². The maximum absolute atomic E-state index is 3.69. The van der Waals surface area contributed by atoms with Gasteiger partial charge >= 0.3 is 0 Å². The number of hydrogen-bond donors (Lipinski definition) is 1. The van der Waals surface area contributed by atoms with Crippen molar-refractivity contribution in [2.45, 2.75) is 38.8 Å². The van der Waals surface area contributed by atoms with E-state index in [0.29, 0.717) is 6.04 Å². The van der Waals surface area contributed by atoms with Crippen molar-refractivity contribution >= 4 is 16.5 Å². The minimum absolute atomic E-state index is 0.322. The molecule has 2 nitrogen and oxygen atoms in total. The van der Waals surface area contributed by atoms with Crippen molar-refractivity contribution in [2.24, 2.45) is 0 Å². The molecule has 0 spiro atoms. The van der Waals surface area contributed by atoms with E-state index in [2.05, 4.69) is 83.9 Å². The van der Waals surface area contributed by atoms with E-state index in [1.54, 1.807) is 0 Å². The Kier molecular flexibility index (Phi) is 5.21. The third kappa shape index (κ3) is 3.76. The van der Waals surface area contributed by atoms with Crippen LogP contribution in [0.4, 0.5) is 5.69 Å². The van der Waals surface area contributed by atoms with Crippen LogP contribution in [0.3, 0.4) is 0 Å². The summed E-state index contributed by atoms with van der Waals surface area (Å²) in [5, 5.41) is 6.35. The molecule has 1 atom stereocenters. The van der Waals surface area contributed by atoms with E-state index in [4.69, 9.17) is 0 Å². The lowest BCUT2D eigenvalue weighted by atomic mass is 9.99. The molecular weight excluding hydrogens is 316 g/mol. The zero-order valence-corrected chi connectivity index (χ0v) is 15.6. The van der Waals surface area contributed by atoms with Crippen LogP contribution < -0.4 is 10.2 Å². The van der Waals surface area contributed by atoms with Gasteiger partial charge in [0.1, 0.15) is 0 Å². The molecule has 26 heavy (non-hydrogen) atoms. The molecule has 134 valence electrons. The molecule has 0 aromatic heterocycles. The molecule has 0 radical (unpaired) electrons. The van der Waals surface area contributed by atoms with Crippen molar-refractivity contribution in [1.82, 2.24) is 5.32 Å². The molecular formula is C24H28N2. The van der Waals surface area contributed by atoms with Crippen LogP contribution in [-0.4, -0.2) is 13.1 Å². The number of fused-ring (bicyclic) bond motifs is 1. The molecule has 1 unspecified atom stereocenters. The third-order valence-corrected chi connectivity index (χ3v) is 5.56. The van der Waals surface area contributed by atoms with Gasteiger partial charge in [0.15, 0.2) is 0 Å². The average molecular weight is 345 g/mol. The van der Waals surface area contributed by atoms with Crippen LogP contribution in [0.25, 0.3) is 10.8 Å². The second kappa shape index (κ2) is 7.92. The summed E-state index contributed by atoms with van der Waals surface area (Å²) in [5.41, 5.74) is 4.08. The minimum atomic E-state index is 0.322. The van der Waals surface area contributed by atoms with Crippen molar-refractivity contribution < 1.29 is 0 Å². The summed E-state index contributed by atoms with van der Waals surface area (Å²) < 4.78 is 0. The maximum Gasteiger partial charge on any atom is 0.0366 e. The zero-order chi connectivity index (χ0) is 17.8. The highest BCUT2D eigenvalue weighted by Crippen LogP contribution is 2.25. The molecule has 1 aliphatic rings. The SMILES string of the molecule is CC(NCc1ccc(N2CCCCC2)cc1)c1cccc2ccccc12. The number of rotatable bonds is 5. The summed E-state index contributed by atoms with van der Waals surface area (Å²) in [6.45, 7) is 5.56. The van der Waals surface area contributed by atoms with E-state index >= 15 is 0 Å². The Morgan fingerprint density at radius 3 is 2.38 bits per heavy atom. The van der Waals surface area contributed by atoms with Crippen molar-refractivity contribution in [3.63, 3.8) is 0 Å². The second-order valence-corrected chi connectivity index (χ2v) is 7.39. The van der Waals surface area contributed by atoms with Gasteiger partial charge in [0.25, 0.3) is 0 Å². The Balaban J connectivity index is 1.41. The lowest BCUT2D eigenvalue weighted by Crippen LogP contribution is -2.29. The van der Waals surface area contributed by atoms with E-state index in [1.165, 1.54) is 59.9 Å². The molecule has 1 fully saturated rings. The van der Waals surface area contributed by atoms with Crippen LogP contribution >= 0.6 is 0 Å². The van der Waals surface area contributed by atoms with E-state index in [-0.39, 0.29) is 0 Å². The van der Waals surface area contributed by atoms with E-state index < -0.39 is 0 Å². The standard InChI is InChI=1S/C24H28N2/c1-19(23-11-7-9-21-8-3-4-10-24(21)23)25-18-20-12-14-22(15-13-20)26-16-5-2-6-17-26/h3-4,7-15,19,25H,2,5-6,16-18H2,1H3. The first kappa shape index (κ1) is 17.1. The van der Waals surface area contributed by atoms with Gasteiger partial charge < -0.3 is 10.2 Å². The minimum Gasteiger partial charge on any atom is -0.372 e. The second-order valence-electron chi connectivity index (χ2n) is 7.39. The van der Waals surface area contributed by atoms with Gasteiger partial charge in [-0.15, -0.1) is 0 Å². The van der Waals surface area contributed by atoms with Crippen molar-refractivity contribution in [1.29, 1.82) is 0 Å². The van der Waals surface area contributed by atoms with Gasteiger partial charge in [0.05, 0.1) is 0 Å². The summed E-state index contributed by atoms with van der Waals surface area (Å²) in [6.07, 6.45) is 4.03. The van der Waals surface area contributed by atoms with Gasteiger partial charge in [-0.2, -0.15) is 0 Å². The van der Waals surface area contributed by atoms with Crippen LogP contribution in [0.5, 0.6) is 0 Å². The summed E-state index contributed by atoms with van der Waals surface area (Å²) >= 11 is 0. The highest BCUT2D eigenvalue weighted by atomic mass is 15.1. The molecule has 1 N–H and O–H groups in total. The Labute approximate surface area is 156 Å². The van der Waals surface area contributed by atoms with Crippen LogP contribution in [0, 0.1) is 0 Å². The van der Waals surface area contributed by atoms with Gasteiger partial charge in [-0.3, -0.25) is 0 Å². The summed E-state index contributed by atoms with van der Waals surface area (Å²) in [7, 11) is 0. The lowest BCUT2D eigenvalue weighted by molar-refractivity contribution is 0.574. The number of nitrogens with one attached hydrogen (secondary N) is 1. The van der Waals surface area contributed by atoms with Gasteiger partial charge in [-0.25, -0.2) is 0 Å². The van der Waals surface area contributed by atoms with E-state index in [0.717, 1.165) is 6.54 Å². The van der Waals surface area contributed by atoms with Crippen molar-refractivity contribution in [3.8, 4) is 0 Å². The predicted molar refractivity (Wildman–Crippen MR) is 112 cm³/mol. The molecule has 2 heteroatoms. The number of nitrogens with zero attached hydrogens (tertiary/aromatic N) is 1. The highest BCUT2D eigenvalue weighted by Gasteiger charge is 2.11. The average Bonchev–Trinajstić information content (AvgIpc) is 2.72. The summed E-state index contributed by atoms with van der Waals surface area (Å²) in [4.78, 5) is 2.51. The van der Waals surface area contributed by atoms with Gasteiger partial charge in [0, 0.05) is 31.4 Å². The van der Waals surface area contributed by atoms with Crippen LogP contribution in [-0.2, 0) is 6.54 Å². The van der Waals surface area contributed by atoms with E-state index in [9.17, 15) is 0 Å². The normalized spacial score (nSPS) is 16.0. The fourth-order valence-electron chi connectivity index (χ4n) is 3.99.